The smallest absolute Gasteiger partial charge is 0.191 e. The number of nitrogens with zero attached hydrogens (tertiary/aromatic N) is 2. The second-order valence-electron chi connectivity index (χ2n) is 4.03. The highest BCUT2D eigenvalue weighted by Gasteiger charge is 2.20. The van der Waals surface area contributed by atoms with Gasteiger partial charge in [-0.05, 0) is 32.9 Å². The summed E-state index contributed by atoms with van der Waals surface area (Å²) in [5, 5.41) is 0.727. The van der Waals surface area contributed by atoms with Crippen LogP contribution < -0.4 is 5.73 Å². The lowest BCUT2D eigenvalue weighted by atomic mass is 10.1. The second-order valence-corrected chi connectivity index (χ2v) is 5.17. The monoisotopic (exact) mass is 215 g/mol. The highest BCUT2D eigenvalue weighted by atomic mass is 32.2. The second kappa shape index (κ2) is 5.49. The standard InChI is InChI=1S/C10H21N3S/c1-8(2)12-10(11)13-6-4-5-9(7-13)14-3/h8-9H,4-7H2,1-3H3,(H2,11,12). The average Bonchev–Trinajstić information content (AvgIpc) is 2.17. The van der Waals surface area contributed by atoms with Gasteiger partial charge < -0.3 is 10.6 Å². The van der Waals surface area contributed by atoms with Gasteiger partial charge in [-0.25, -0.2) is 0 Å². The maximum absolute atomic E-state index is 5.93. The van der Waals surface area contributed by atoms with Crippen molar-refractivity contribution in [3.8, 4) is 0 Å². The van der Waals surface area contributed by atoms with Crippen LogP contribution in [0.25, 0.3) is 0 Å². The van der Waals surface area contributed by atoms with Gasteiger partial charge in [0.05, 0.1) is 0 Å². The quantitative estimate of drug-likeness (QED) is 0.561. The predicted octanol–water partition coefficient (Wildman–Crippen LogP) is 1.54. The van der Waals surface area contributed by atoms with Crippen LogP contribution in [0.3, 0.4) is 0 Å². The van der Waals surface area contributed by atoms with Crippen molar-refractivity contribution in [3.63, 3.8) is 0 Å². The summed E-state index contributed by atoms with van der Waals surface area (Å²) < 4.78 is 0. The van der Waals surface area contributed by atoms with Crippen LogP contribution in [0.1, 0.15) is 26.7 Å². The molecule has 1 rings (SSSR count). The van der Waals surface area contributed by atoms with Crippen molar-refractivity contribution in [2.45, 2.75) is 38.0 Å². The lowest BCUT2D eigenvalue weighted by molar-refractivity contribution is 0.345. The van der Waals surface area contributed by atoms with Crippen LogP contribution in [0.5, 0.6) is 0 Å². The number of likely N-dealkylation sites (tertiary alicyclic amines) is 1. The fraction of sp³-hybridized carbons (Fsp3) is 0.900. The minimum Gasteiger partial charge on any atom is -0.370 e. The van der Waals surface area contributed by atoms with Gasteiger partial charge in [0.2, 0.25) is 0 Å². The van der Waals surface area contributed by atoms with Crippen molar-refractivity contribution in [1.82, 2.24) is 4.90 Å². The Hall–Kier alpha value is -0.380. The molecular weight excluding hydrogens is 194 g/mol. The molecule has 0 aromatic rings. The van der Waals surface area contributed by atoms with E-state index in [9.17, 15) is 0 Å². The molecule has 0 spiro atoms. The first-order valence-electron chi connectivity index (χ1n) is 5.24. The molecule has 0 saturated carbocycles. The summed E-state index contributed by atoms with van der Waals surface area (Å²) in [6.45, 7) is 6.24. The molecule has 0 bridgehead atoms. The Balaban J connectivity index is 2.51. The molecule has 14 heavy (non-hydrogen) atoms. The third-order valence-corrected chi connectivity index (χ3v) is 3.48. The molecule has 1 heterocycles. The van der Waals surface area contributed by atoms with Crippen molar-refractivity contribution in [2.24, 2.45) is 10.7 Å². The van der Waals surface area contributed by atoms with Gasteiger partial charge in [-0.15, -0.1) is 0 Å². The van der Waals surface area contributed by atoms with Crippen molar-refractivity contribution in [3.05, 3.63) is 0 Å². The highest BCUT2D eigenvalue weighted by molar-refractivity contribution is 7.99. The molecule has 1 atom stereocenters. The molecule has 0 aliphatic carbocycles. The number of guanidine groups is 1. The number of thioether (sulfide) groups is 1. The maximum Gasteiger partial charge on any atom is 0.191 e. The molecule has 2 N–H and O–H groups in total. The molecule has 1 fully saturated rings. The van der Waals surface area contributed by atoms with Crippen LogP contribution >= 0.6 is 11.8 Å². The number of rotatable bonds is 2. The average molecular weight is 215 g/mol. The molecule has 0 radical (unpaired) electrons. The minimum absolute atomic E-state index is 0.296. The molecular formula is C10H21N3S. The van der Waals surface area contributed by atoms with Crippen LogP contribution in [-0.2, 0) is 0 Å². The van der Waals surface area contributed by atoms with Crippen LogP contribution in [0, 0.1) is 0 Å². The van der Waals surface area contributed by atoms with Gasteiger partial charge in [-0.1, -0.05) is 0 Å². The molecule has 0 aromatic carbocycles. The van der Waals surface area contributed by atoms with E-state index in [1.165, 1.54) is 12.8 Å². The van der Waals surface area contributed by atoms with E-state index in [4.69, 9.17) is 5.73 Å². The zero-order chi connectivity index (χ0) is 10.6. The number of hydrogen-bond acceptors (Lipinski definition) is 2. The van der Waals surface area contributed by atoms with Crippen molar-refractivity contribution in [1.29, 1.82) is 0 Å². The fourth-order valence-corrected chi connectivity index (χ4v) is 2.42. The number of nitrogens with two attached hydrogens (primary N) is 1. The minimum atomic E-state index is 0.296. The molecule has 0 aromatic heterocycles. The summed E-state index contributed by atoms with van der Waals surface area (Å²) in [5.41, 5.74) is 5.93. The van der Waals surface area contributed by atoms with Crippen molar-refractivity contribution < 1.29 is 0 Å². The summed E-state index contributed by atoms with van der Waals surface area (Å²) in [5.74, 6) is 0.721. The Morgan fingerprint density at radius 2 is 2.29 bits per heavy atom. The highest BCUT2D eigenvalue weighted by Crippen LogP contribution is 2.19. The normalized spacial score (nSPS) is 24.4. The first kappa shape index (κ1) is 11.7. The van der Waals surface area contributed by atoms with E-state index in [2.05, 4.69) is 30.0 Å². The molecule has 1 aliphatic rings. The third-order valence-electron chi connectivity index (χ3n) is 2.43. The molecule has 1 aliphatic heterocycles. The molecule has 0 amide bonds. The lowest BCUT2D eigenvalue weighted by Crippen LogP contribution is -2.45. The van der Waals surface area contributed by atoms with Crippen molar-refractivity contribution in [2.75, 3.05) is 19.3 Å². The van der Waals surface area contributed by atoms with Gasteiger partial charge in [0.25, 0.3) is 0 Å². The first-order chi connectivity index (χ1) is 6.63. The summed E-state index contributed by atoms with van der Waals surface area (Å²) in [4.78, 5) is 6.59. The molecule has 3 nitrogen and oxygen atoms in total. The zero-order valence-electron chi connectivity index (χ0n) is 9.36. The first-order valence-corrected chi connectivity index (χ1v) is 6.53. The molecule has 82 valence electrons. The van der Waals surface area contributed by atoms with E-state index in [0.717, 1.165) is 24.3 Å². The lowest BCUT2D eigenvalue weighted by Gasteiger charge is -2.32. The van der Waals surface area contributed by atoms with E-state index in [1.807, 2.05) is 11.8 Å². The summed E-state index contributed by atoms with van der Waals surface area (Å²) in [6.07, 6.45) is 4.72. The van der Waals surface area contributed by atoms with Gasteiger partial charge in [0, 0.05) is 24.4 Å². The van der Waals surface area contributed by atoms with E-state index in [1.54, 1.807) is 0 Å². The SMILES string of the molecule is CSC1CCCN(C(N)=NC(C)C)C1. The molecule has 1 saturated heterocycles. The number of aliphatic imine (C=N–C) groups is 1. The van der Waals surface area contributed by atoms with Crippen LogP contribution in [0.2, 0.25) is 0 Å². The van der Waals surface area contributed by atoms with Crippen LogP contribution in [-0.4, -0.2) is 41.5 Å². The topological polar surface area (TPSA) is 41.6 Å². The fourth-order valence-electron chi connectivity index (χ4n) is 1.68. The summed E-state index contributed by atoms with van der Waals surface area (Å²) >= 11 is 1.93. The van der Waals surface area contributed by atoms with E-state index in [-0.39, 0.29) is 0 Å². The number of piperidine rings is 1. The third kappa shape index (κ3) is 3.40. The Morgan fingerprint density at radius 1 is 1.57 bits per heavy atom. The Bertz CT molecular complexity index is 204. The summed E-state index contributed by atoms with van der Waals surface area (Å²) in [6, 6.07) is 0.296. The predicted molar refractivity (Wildman–Crippen MR) is 64.9 cm³/mol. The molecule has 4 heteroatoms. The maximum atomic E-state index is 5.93. The Morgan fingerprint density at radius 3 is 2.86 bits per heavy atom. The van der Waals surface area contributed by atoms with Gasteiger partial charge in [0.1, 0.15) is 0 Å². The van der Waals surface area contributed by atoms with E-state index >= 15 is 0 Å². The molecule has 1 unspecified atom stereocenters. The van der Waals surface area contributed by atoms with Gasteiger partial charge >= 0.3 is 0 Å². The van der Waals surface area contributed by atoms with Crippen LogP contribution in [0.4, 0.5) is 0 Å². The Kier molecular flexibility index (Phi) is 4.58. The van der Waals surface area contributed by atoms with E-state index < -0.39 is 0 Å². The largest absolute Gasteiger partial charge is 0.370 e. The van der Waals surface area contributed by atoms with E-state index in [0.29, 0.717) is 6.04 Å². The zero-order valence-corrected chi connectivity index (χ0v) is 10.2. The van der Waals surface area contributed by atoms with Gasteiger partial charge in [-0.3, -0.25) is 4.99 Å². The summed E-state index contributed by atoms with van der Waals surface area (Å²) in [7, 11) is 0. The van der Waals surface area contributed by atoms with Crippen molar-refractivity contribution >= 4 is 17.7 Å². The van der Waals surface area contributed by atoms with Gasteiger partial charge in [0.15, 0.2) is 5.96 Å². The van der Waals surface area contributed by atoms with Crippen LogP contribution in [0.15, 0.2) is 4.99 Å². The Labute approximate surface area is 91.1 Å². The van der Waals surface area contributed by atoms with Gasteiger partial charge in [-0.2, -0.15) is 11.8 Å². The number of hydrogen-bond donors (Lipinski definition) is 1.